The third-order valence-electron chi connectivity index (χ3n) is 4.37. The molecule has 0 spiro atoms. The van der Waals surface area contributed by atoms with Gasteiger partial charge < -0.3 is 15.4 Å². The van der Waals surface area contributed by atoms with Gasteiger partial charge in [0.1, 0.15) is 6.04 Å². The van der Waals surface area contributed by atoms with Crippen molar-refractivity contribution in [2.24, 2.45) is 11.8 Å². The number of halogens is 1. The average molecular weight is 367 g/mol. The Bertz CT molecular complexity index is 589. The number of amides is 2. The van der Waals surface area contributed by atoms with Gasteiger partial charge in [-0.15, -0.1) is 0 Å². The van der Waals surface area contributed by atoms with Crippen molar-refractivity contribution in [1.82, 2.24) is 10.6 Å². The van der Waals surface area contributed by atoms with Crippen molar-refractivity contribution in [3.8, 4) is 0 Å². The molecule has 0 bridgehead atoms. The van der Waals surface area contributed by atoms with E-state index in [-0.39, 0.29) is 23.7 Å². The van der Waals surface area contributed by atoms with Crippen LogP contribution in [0.2, 0.25) is 5.02 Å². The van der Waals surface area contributed by atoms with Gasteiger partial charge in [-0.2, -0.15) is 0 Å². The Kier molecular flexibility index (Phi) is 7.26. The Labute approximate surface area is 154 Å². The van der Waals surface area contributed by atoms with Gasteiger partial charge in [-0.25, -0.2) is 0 Å². The Morgan fingerprint density at radius 3 is 2.56 bits per heavy atom. The number of methoxy groups -OCH3 is 1. The van der Waals surface area contributed by atoms with Gasteiger partial charge in [-0.05, 0) is 42.4 Å². The van der Waals surface area contributed by atoms with Gasteiger partial charge in [0.05, 0.1) is 6.61 Å². The van der Waals surface area contributed by atoms with Crippen LogP contribution in [0, 0.1) is 11.8 Å². The van der Waals surface area contributed by atoms with E-state index in [1.807, 2.05) is 38.1 Å². The minimum atomic E-state index is -0.504. The summed E-state index contributed by atoms with van der Waals surface area (Å²) in [6.45, 7) is 4.97. The van der Waals surface area contributed by atoms with Crippen LogP contribution in [0.4, 0.5) is 0 Å². The predicted octanol–water partition coefficient (Wildman–Crippen LogP) is 2.74. The molecule has 2 rings (SSSR count). The lowest BCUT2D eigenvalue weighted by atomic mass is 10.0. The first-order chi connectivity index (χ1) is 11.9. The van der Waals surface area contributed by atoms with E-state index in [2.05, 4.69) is 10.6 Å². The Hall–Kier alpha value is -1.59. The Morgan fingerprint density at radius 2 is 1.96 bits per heavy atom. The number of benzene rings is 1. The van der Waals surface area contributed by atoms with Gasteiger partial charge >= 0.3 is 0 Å². The zero-order valence-electron chi connectivity index (χ0n) is 15.0. The number of carbonyl (C=O) groups is 2. The third-order valence-corrected chi connectivity index (χ3v) is 4.62. The largest absolute Gasteiger partial charge is 0.383 e. The van der Waals surface area contributed by atoms with Crippen LogP contribution in [0.1, 0.15) is 38.2 Å². The molecule has 6 heteroatoms. The average Bonchev–Trinajstić information content (AvgIpc) is 3.35. The maximum atomic E-state index is 12.5. The van der Waals surface area contributed by atoms with Crippen molar-refractivity contribution >= 4 is 23.4 Å². The van der Waals surface area contributed by atoms with E-state index in [1.165, 1.54) is 0 Å². The van der Waals surface area contributed by atoms with Crippen LogP contribution >= 0.6 is 11.6 Å². The number of nitrogens with one attached hydrogen (secondary N) is 2. The summed E-state index contributed by atoms with van der Waals surface area (Å²) in [5.74, 6) is 0.260. The molecule has 0 heterocycles. The molecule has 1 aromatic carbocycles. The van der Waals surface area contributed by atoms with Crippen LogP contribution in [0.25, 0.3) is 0 Å². The van der Waals surface area contributed by atoms with Crippen LogP contribution in [-0.4, -0.2) is 38.1 Å². The maximum Gasteiger partial charge on any atom is 0.242 e. The molecule has 1 saturated carbocycles. The van der Waals surface area contributed by atoms with Crippen LogP contribution in [0.3, 0.4) is 0 Å². The van der Waals surface area contributed by atoms with Crippen LogP contribution in [-0.2, 0) is 14.3 Å². The molecule has 5 nitrogen and oxygen atoms in total. The van der Waals surface area contributed by atoms with Crippen LogP contribution in [0.5, 0.6) is 0 Å². The highest BCUT2D eigenvalue weighted by Gasteiger charge is 2.44. The summed E-state index contributed by atoms with van der Waals surface area (Å²) in [5, 5.41) is 6.43. The molecule has 138 valence electrons. The minimum absolute atomic E-state index is 0.0486. The quantitative estimate of drug-likeness (QED) is 0.660. The van der Waals surface area contributed by atoms with E-state index >= 15 is 0 Å². The van der Waals surface area contributed by atoms with Crippen molar-refractivity contribution < 1.29 is 14.3 Å². The molecule has 1 aromatic rings. The molecule has 2 N–H and O–H groups in total. The summed E-state index contributed by atoms with van der Waals surface area (Å²) >= 11 is 5.91. The lowest BCUT2D eigenvalue weighted by Gasteiger charge is -2.20. The predicted molar refractivity (Wildman–Crippen MR) is 98.6 cm³/mol. The van der Waals surface area contributed by atoms with Crippen molar-refractivity contribution in [2.75, 3.05) is 20.3 Å². The highest BCUT2D eigenvalue weighted by Crippen LogP contribution is 2.47. The van der Waals surface area contributed by atoms with Crippen molar-refractivity contribution in [3.63, 3.8) is 0 Å². The van der Waals surface area contributed by atoms with E-state index < -0.39 is 6.04 Å². The SMILES string of the molecule is COCCNC(=O)[C@H](CC(C)C)NC(=O)C1CC1c1ccc(Cl)cc1. The van der Waals surface area contributed by atoms with E-state index in [0.717, 1.165) is 12.0 Å². The topological polar surface area (TPSA) is 67.4 Å². The normalized spacial score (nSPS) is 20.2. The highest BCUT2D eigenvalue weighted by molar-refractivity contribution is 6.30. The molecule has 0 aromatic heterocycles. The fraction of sp³-hybridized carbons (Fsp3) is 0.579. The van der Waals surface area contributed by atoms with Gasteiger partial charge in [0, 0.05) is 24.6 Å². The zero-order chi connectivity index (χ0) is 18.4. The lowest BCUT2D eigenvalue weighted by Crippen LogP contribution is -2.48. The molecule has 1 aliphatic carbocycles. The summed E-state index contributed by atoms with van der Waals surface area (Å²) < 4.78 is 4.94. The first kappa shape index (κ1) is 19.7. The molecule has 0 aliphatic heterocycles. The molecule has 0 saturated heterocycles. The summed E-state index contributed by atoms with van der Waals surface area (Å²) in [6.07, 6.45) is 1.43. The van der Waals surface area contributed by atoms with E-state index in [4.69, 9.17) is 16.3 Å². The number of hydrogen-bond acceptors (Lipinski definition) is 3. The Morgan fingerprint density at radius 1 is 1.28 bits per heavy atom. The number of carbonyl (C=O) groups excluding carboxylic acids is 2. The highest BCUT2D eigenvalue weighted by atomic mass is 35.5. The van der Waals surface area contributed by atoms with E-state index in [0.29, 0.717) is 30.5 Å². The molecule has 2 unspecified atom stereocenters. The molecule has 25 heavy (non-hydrogen) atoms. The van der Waals surface area contributed by atoms with E-state index in [1.54, 1.807) is 7.11 Å². The van der Waals surface area contributed by atoms with E-state index in [9.17, 15) is 9.59 Å². The molecular formula is C19H27ClN2O3. The lowest BCUT2D eigenvalue weighted by molar-refractivity contribution is -0.130. The fourth-order valence-corrected chi connectivity index (χ4v) is 3.07. The third kappa shape index (κ3) is 6.01. The molecule has 0 radical (unpaired) electrons. The first-order valence-corrected chi connectivity index (χ1v) is 9.12. The second-order valence-electron chi connectivity index (χ2n) is 6.97. The number of hydrogen-bond donors (Lipinski definition) is 2. The summed E-state index contributed by atoms with van der Waals surface area (Å²) in [5.41, 5.74) is 1.12. The van der Waals surface area contributed by atoms with Crippen LogP contribution in [0.15, 0.2) is 24.3 Å². The molecule has 1 aliphatic rings. The zero-order valence-corrected chi connectivity index (χ0v) is 15.8. The second-order valence-corrected chi connectivity index (χ2v) is 7.41. The second kappa shape index (κ2) is 9.20. The van der Waals surface area contributed by atoms with Gasteiger partial charge in [-0.1, -0.05) is 37.6 Å². The molecule has 3 atom stereocenters. The van der Waals surface area contributed by atoms with Gasteiger partial charge in [0.25, 0.3) is 0 Å². The number of rotatable bonds is 9. The van der Waals surface area contributed by atoms with Crippen molar-refractivity contribution in [2.45, 2.75) is 38.6 Å². The fourth-order valence-electron chi connectivity index (χ4n) is 2.94. The maximum absolute atomic E-state index is 12.5. The monoisotopic (exact) mass is 366 g/mol. The van der Waals surface area contributed by atoms with Crippen LogP contribution < -0.4 is 10.6 Å². The molecular weight excluding hydrogens is 340 g/mol. The summed E-state index contributed by atoms with van der Waals surface area (Å²) in [7, 11) is 1.59. The standard InChI is InChI=1S/C19H27ClN2O3/c1-12(2)10-17(19(24)21-8-9-25-3)22-18(23)16-11-15(16)13-4-6-14(20)7-5-13/h4-7,12,15-17H,8-11H2,1-3H3,(H,21,24)(H,22,23)/t15?,16?,17-/m0/s1. The van der Waals surface area contributed by atoms with Gasteiger partial charge in [0.2, 0.25) is 11.8 Å². The van der Waals surface area contributed by atoms with Gasteiger partial charge in [-0.3, -0.25) is 9.59 Å². The van der Waals surface area contributed by atoms with Crippen molar-refractivity contribution in [1.29, 1.82) is 0 Å². The van der Waals surface area contributed by atoms with Gasteiger partial charge in [0.15, 0.2) is 0 Å². The minimum Gasteiger partial charge on any atom is -0.383 e. The summed E-state index contributed by atoms with van der Waals surface area (Å²) in [6, 6.07) is 7.10. The summed E-state index contributed by atoms with van der Waals surface area (Å²) in [4.78, 5) is 24.9. The Balaban J connectivity index is 1.90. The first-order valence-electron chi connectivity index (χ1n) is 8.74. The molecule has 1 fully saturated rings. The molecule has 2 amide bonds. The number of ether oxygens (including phenoxy) is 1. The van der Waals surface area contributed by atoms with Crippen molar-refractivity contribution in [3.05, 3.63) is 34.9 Å². The smallest absolute Gasteiger partial charge is 0.242 e.